The van der Waals surface area contributed by atoms with Gasteiger partial charge in [0.05, 0.1) is 6.20 Å². The highest BCUT2D eigenvalue weighted by molar-refractivity contribution is 5.89. The minimum Gasteiger partial charge on any atom is -0.220 e. The SMILES string of the molecule is O=C1n2cncc2C=[N+]1C1CCCCC1. The number of hydrogen-bond acceptors (Lipinski definition) is 2. The maximum Gasteiger partial charge on any atom is 0.504 e. The zero-order valence-corrected chi connectivity index (χ0v) is 8.59. The molecule has 0 spiro atoms. The number of hydrogen-bond donors (Lipinski definition) is 0. The third-order valence-electron chi connectivity index (χ3n) is 3.33. The van der Waals surface area contributed by atoms with Crippen molar-refractivity contribution in [1.82, 2.24) is 9.55 Å². The summed E-state index contributed by atoms with van der Waals surface area (Å²) in [6.07, 6.45) is 11.3. The predicted octanol–water partition coefficient (Wildman–Crippen LogP) is 1.63. The first-order valence-electron chi connectivity index (χ1n) is 5.56. The second kappa shape index (κ2) is 3.29. The Morgan fingerprint density at radius 3 is 2.87 bits per heavy atom. The molecule has 3 rings (SSSR count). The van der Waals surface area contributed by atoms with E-state index in [4.69, 9.17) is 0 Å². The van der Waals surface area contributed by atoms with Crippen molar-refractivity contribution in [3.63, 3.8) is 0 Å². The summed E-state index contributed by atoms with van der Waals surface area (Å²) in [6, 6.07) is 0.473. The Hall–Kier alpha value is -1.45. The first-order chi connectivity index (χ1) is 7.36. The fraction of sp³-hybridized carbons (Fsp3) is 0.545. The van der Waals surface area contributed by atoms with Gasteiger partial charge in [0.2, 0.25) is 0 Å². The minimum absolute atomic E-state index is 0.0643. The van der Waals surface area contributed by atoms with Crippen LogP contribution in [0.5, 0.6) is 0 Å². The van der Waals surface area contributed by atoms with Crippen molar-refractivity contribution in [1.29, 1.82) is 0 Å². The summed E-state index contributed by atoms with van der Waals surface area (Å²) in [7, 11) is 0. The predicted molar refractivity (Wildman–Crippen MR) is 55.3 cm³/mol. The summed E-state index contributed by atoms with van der Waals surface area (Å²) in [5, 5.41) is 0. The van der Waals surface area contributed by atoms with Crippen LogP contribution in [0.1, 0.15) is 37.8 Å². The molecule has 1 aliphatic carbocycles. The number of imidazole rings is 1. The first-order valence-corrected chi connectivity index (χ1v) is 5.56. The quantitative estimate of drug-likeness (QED) is 0.652. The van der Waals surface area contributed by atoms with Gasteiger partial charge in [-0.3, -0.25) is 0 Å². The standard InChI is InChI=1S/C11H14N3O/c15-11-13(9-4-2-1-3-5-9)7-10-6-12-8-14(10)11/h6-9H,1-5H2/q+1. The van der Waals surface area contributed by atoms with E-state index >= 15 is 0 Å². The monoisotopic (exact) mass is 204 g/mol. The van der Waals surface area contributed by atoms with Crippen LogP contribution in [0.2, 0.25) is 0 Å². The molecule has 1 aromatic heterocycles. The smallest absolute Gasteiger partial charge is 0.220 e. The van der Waals surface area contributed by atoms with E-state index in [1.54, 1.807) is 17.1 Å². The summed E-state index contributed by atoms with van der Waals surface area (Å²) in [6.45, 7) is 0. The van der Waals surface area contributed by atoms with E-state index in [-0.39, 0.29) is 6.03 Å². The molecule has 1 fully saturated rings. The summed E-state index contributed by atoms with van der Waals surface area (Å²) < 4.78 is 3.50. The second-order valence-corrected chi connectivity index (χ2v) is 4.30. The van der Waals surface area contributed by atoms with Gasteiger partial charge in [-0.25, -0.2) is 4.98 Å². The van der Waals surface area contributed by atoms with E-state index < -0.39 is 0 Å². The van der Waals surface area contributed by atoms with E-state index in [0.717, 1.165) is 18.5 Å². The van der Waals surface area contributed by atoms with Crippen molar-refractivity contribution in [2.75, 3.05) is 0 Å². The fourth-order valence-corrected chi connectivity index (χ4v) is 2.50. The third kappa shape index (κ3) is 1.32. The average Bonchev–Trinajstić information content (AvgIpc) is 2.83. The molecule has 4 nitrogen and oxygen atoms in total. The highest BCUT2D eigenvalue weighted by atomic mass is 16.2. The van der Waals surface area contributed by atoms with Crippen LogP contribution < -0.4 is 0 Å². The zero-order chi connectivity index (χ0) is 10.3. The zero-order valence-electron chi connectivity index (χ0n) is 8.59. The number of carbonyl (C=O) groups excluding carboxylic acids is 1. The van der Waals surface area contributed by atoms with Gasteiger partial charge in [0.1, 0.15) is 12.3 Å². The van der Waals surface area contributed by atoms with Crippen LogP contribution >= 0.6 is 0 Å². The van der Waals surface area contributed by atoms with Crippen molar-refractivity contribution < 1.29 is 9.37 Å². The molecule has 4 heteroatoms. The van der Waals surface area contributed by atoms with Crippen LogP contribution in [-0.2, 0) is 0 Å². The lowest BCUT2D eigenvalue weighted by molar-refractivity contribution is -0.468. The van der Waals surface area contributed by atoms with E-state index in [1.165, 1.54) is 19.3 Å². The molecule has 2 heterocycles. The Labute approximate surface area is 88.2 Å². The number of amides is 1. The molecular formula is C11H14N3O+. The van der Waals surface area contributed by atoms with Crippen molar-refractivity contribution >= 4 is 12.2 Å². The highest BCUT2D eigenvalue weighted by Gasteiger charge is 2.35. The minimum atomic E-state index is 0.0643. The van der Waals surface area contributed by atoms with E-state index in [2.05, 4.69) is 4.98 Å². The van der Waals surface area contributed by atoms with Crippen LogP contribution in [0.3, 0.4) is 0 Å². The van der Waals surface area contributed by atoms with Gasteiger partial charge >= 0.3 is 6.03 Å². The molecule has 0 aromatic carbocycles. The van der Waals surface area contributed by atoms with Crippen LogP contribution in [0.4, 0.5) is 4.79 Å². The van der Waals surface area contributed by atoms with E-state index in [1.807, 2.05) is 10.8 Å². The number of aromatic nitrogens is 2. The van der Waals surface area contributed by atoms with Crippen molar-refractivity contribution in [2.45, 2.75) is 38.1 Å². The summed E-state index contributed by atoms with van der Waals surface area (Å²) >= 11 is 0. The summed E-state index contributed by atoms with van der Waals surface area (Å²) in [5.74, 6) is 0. The van der Waals surface area contributed by atoms with Gasteiger partial charge in [-0.1, -0.05) is 6.42 Å². The molecule has 0 N–H and O–H groups in total. The Morgan fingerprint density at radius 2 is 2.13 bits per heavy atom. The van der Waals surface area contributed by atoms with Gasteiger partial charge in [0.15, 0.2) is 12.0 Å². The maximum absolute atomic E-state index is 12.0. The topological polar surface area (TPSA) is 37.9 Å². The molecule has 0 radical (unpaired) electrons. The van der Waals surface area contributed by atoms with Crippen LogP contribution in [0, 0.1) is 0 Å². The van der Waals surface area contributed by atoms with Crippen LogP contribution in [0.15, 0.2) is 12.5 Å². The Bertz CT molecular complexity index is 427. The van der Waals surface area contributed by atoms with Gasteiger partial charge in [0.25, 0.3) is 0 Å². The van der Waals surface area contributed by atoms with Gasteiger partial charge in [0, 0.05) is 0 Å². The lowest BCUT2D eigenvalue weighted by Gasteiger charge is -2.19. The lowest BCUT2D eigenvalue weighted by atomic mass is 9.95. The number of carbonyl (C=O) groups is 1. The highest BCUT2D eigenvalue weighted by Crippen LogP contribution is 2.22. The average molecular weight is 204 g/mol. The molecule has 1 amide bonds. The largest absolute Gasteiger partial charge is 0.504 e. The van der Waals surface area contributed by atoms with Gasteiger partial charge < -0.3 is 0 Å². The van der Waals surface area contributed by atoms with Crippen molar-refractivity contribution in [2.24, 2.45) is 0 Å². The molecule has 0 saturated heterocycles. The number of nitrogens with zero attached hydrogens (tertiary/aromatic N) is 3. The van der Waals surface area contributed by atoms with E-state index in [9.17, 15) is 4.79 Å². The van der Waals surface area contributed by atoms with Crippen LogP contribution in [0.25, 0.3) is 0 Å². The third-order valence-corrected chi connectivity index (χ3v) is 3.33. The van der Waals surface area contributed by atoms with Gasteiger partial charge in [-0.15, -0.1) is 4.57 Å². The molecule has 78 valence electrons. The molecular weight excluding hydrogens is 190 g/mol. The molecule has 2 aliphatic rings. The van der Waals surface area contributed by atoms with Gasteiger partial charge in [-0.2, -0.15) is 9.37 Å². The second-order valence-electron chi connectivity index (χ2n) is 4.30. The first kappa shape index (κ1) is 8.83. The Balaban J connectivity index is 1.89. The normalized spacial score (nSPS) is 21.6. The fourth-order valence-electron chi connectivity index (χ4n) is 2.50. The molecule has 0 bridgehead atoms. The molecule has 15 heavy (non-hydrogen) atoms. The number of rotatable bonds is 1. The molecule has 1 saturated carbocycles. The van der Waals surface area contributed by atoms with E-state index in [0.29, 0.717) is 6.04 Å². The lowest BCUT2D eigenvalue weighted by Crippen LogP contribution is -2.32. The molecule has 0 unspecified atom stereocenters. The van der Waals surface area contributed by atoms with Gasteiger partial charge in [-0.05, 0) is 25.7 Å². The molecule has 0 atom stereocenters. The van der Waals surface area contributed by atoms with Crippen LogP contribution in [-0.4, -0.2) is 32.4 Å². The Morgan fingerprint density at radius 1 is 1.33 bits per heavy atom. The maximum atomic E-state index is 12.0. The summed E-state index contributed by atoms with van der Waals surface area (Å²) in [5.41, 5.74) is 0.908. The van der Waals surface area contributed by atoms with Crippen molar-refractivity contribution in [3.05, 3.63) is 18.2 Å². The molecule has 1 aromatic rings. The Kier molecular flexibility index (Phi) is 1.94. The van der Waals surface area contributed by atoms with Crippen molar-refractivity contribution in [3.8, 4) is 0 Å². The molecule has 1 aliphatic heterocycles. The number of fused-ring (bicyclic) bond motifs is 1. The summed E-state index contributed by atoms with van der Waals surface area (Å²) in [4.78, 5) is 15.9.